The van der Waals surface area contributed by atoms with E-state index in [1.165, 1.54) is 31.5 Å². The molecule has 2 aromatic carbocycles. The Balaban J connectivity index is 1.29. The van der Waals surface area contributed by atoms with Crippen molar-refractivity contribution >= 4 is 22.6 Å². The molecule has 1 saturated heterocycles. The van der Waals surface area contributed by atoms with Crippen LogP contribution in [0.1, 0.15) is 46.7 Å². The van der Waals surface area contributed by atoms with E-state index in [1.807, 2.05) is 0 Å². The predicted octanol–water partition coefficient (Wildman–Crippen LogP) is 4.64. The largest absolute Gasteiger partial charge is 0.494 e. The fourth-order valence-electron chi connectivity index (χ4n) is 5.57. The average Bonchev–Trinajstić information content (AvgIpc) is 3.64. The maximum atomic E-state index is 15.0. The fraction of sp³-hybridized carbons (Fsp3) is 0.357. The number of hydrogen-bond acceptors (Lipinski definition) is 7. The Morgan fingerprint density at radius 3 is 2.74 bits per heavy atom. The van der Waals surface area contributed by atoms with Crippen molar-refractivity contribution in [3.8, 4) is 5.75 Å². The van der Waals surface area contributed by atoms with Crippen molar-refractivity contribution in [2.24, 2.45) is 13.0 Å². The van der Waals surface area contributed by atoms with Crippen LogP contribution in [0.15, 0.2) is 48.9 Å². The number of aromatic nitrogens is 4. The highest BCUT2D eigenvalue weighted by Gasteiger charge is 2.41. The molecule has 6 rings (SSSR count). The lowest BCUT2D eigenvalue weighted by atomic mass is 9.87. The van der Waals surface area contributed by atoms with Crippen LogP contribution in [0.2, 0.25) is 0 Å². The Morgan fingerprint density at radius 2 is 2.05 bits per heavy atom. The number of fused-ring (bicyclic) bond motifs is 3. The summed E-state index contributed by atoms with van der Waals surface area (Å²) in [5.41, 5.74) is 1.87. The maximum Gasteiger partial charge on any atom is 0.223 e. The molecule has 4 atom stereocenters. The van der Waals surface area contributed by atoms with Crippen molar-refractivity contribution in [1.82, 2.24) is 19.7 Å². The number of rotatable bonds is 8. The number of anilines is 1. The highest BCUT2D eigenvalue weighted by molar-refractivity contribution is 6.00. The van der Waals surface area contributed by atoms with E-state index in [-0.39, 0.29) is 41.0 Å². The number of Topliss-reactive ketones (excluding diaryl/α,β-unsaturated/α-hetero) is 1. The lowest BCUT2D eigenvalue weighted by molar-refractivity contribution is 0.0723. The number of nitrogens with one attached hydrogen (secondary N) is 1. The molecule has 2 fully saturated rings. The van der Waals surface area contributed by atoms with Gasteiger partial charge in [0.1, 0.15) is 5.82 Å². The standard InChI is InChI=1S/C28H27F2N5O3/c1-35-13-18(11-32-35)20(15-3-4-27(37-2)23(30)6-15)10-26(36)16-7-22(29)21-12-31-28(34-25(21)8-16)33-24-9-19-5-17(24)14-38-19/h3-4,6-8,11-13,17,19-20,24H,5,9-10,14H2,1-2H3,(H,31,33,34). The van der Waals surface area contributed by atoms with Gasteiger partial charge in [-0.15, -0.1) is 0 Å². The number of ether oxygens (including phenoxy) is 2. The third-order valence-corrected chi connectivity index (χ3v) is 7.58. The molecule has 2 aliphatic rings. The zero-order valence-corrected chi connectivity index (χ0v) is 21.0. The molecule has 1 aliphatic heterocycles. The smallest absolute Gasteiger partial charge is 0.223 e. The van der Waals surface area contributed by atoms with Gasteiger partial charge in [0.15, 0.2) is 17.3 Å². The molecular weight excluding hydrogens is 492 g/mol. The van der Waals surface area contributed by atoms with Crippen LogP contribution in [0, 0.1) is 17.6 Å². The SMILES string of the molecule is COc1ccc(C(CC(=O)c2cc(F)c3cnc(NC4CC5CC4CO5)nc3c2)c2cnn(C)c2)cc1F. The maximum absolute atomic E-state index is 15.0. The minimum atomic E-state index is -0.570. The van der Waals surface area contributed by atoms with Crippen molar-refractivity contribution in [3.63, 3.8) is 0 Å². The second-order valence-electron chi connectivity index (χ2n) is 10.0. The molecule has 0 spiro atoms. The summed E-state index contributed by atoms with van der Waals surface area (Å²) < 4.78 is 41.9. The fourth-order valence-corrected chi connectivity index (χ4v) is 5.57. The van der Waals surface area contributed by atoms with Crippen molar-refractivity contribution in [1.29, 1.82) is 0 Å². The summed E-state index contributed by atoms with van der Waals surface area (Å²) in [6.45, 7) is 0.722. The molecule has 4 aromatic rings. The number of hydrogen-bond donors (Lipinski definition) is 1. The monoisotopic (exact) mass is 519 g/mol. The van der Waals surface area contributed by atoms with E-state index in [0.717, 1.165) is 25.0 Å². The van der Waals surface area contributed by atoms with E-state index < -0.39 is 17.6 Å². The van der Waals surface area contributed by atoms with Crippen LogP contribution >= 0.6 is 0 Å². The molecule has 8 nitrogen and oxygen atoms in total. The first-order valence-electron chi connectivity index (χ1n) is 12.6. The van der Waals surface area contributed by atoms with E-state index in [0.29, 0.717) is 22.9 Å². The second kappa shape index (κ2) is 9.75. The topological polar surface area (TPSA) is 91.2 Å². The Kier molecular flexibility index (Phi) is 6.27. The Hall–Kier alpha value is -3.92. The van der Waals surface area contributed by atoms with E-state index in [4.69, 9.17) is 9.47 Å². The summed E-state index contributed by atoms with van der Waals surface area (Å²) in [6, 6.07) is 7.62. The third-order valence-electron chi connectivity index (χ3n) is 7.58. The van der Waals surface area contributed by atoms with Crippen LogP contribution in [-0.4, -0.2) is 51.4 Å². The lowest BCUT2D eigenvalue weighted by Gasteiger charge is -2.23. The van der Waals surface area contributed by atoms with Crippen LogP contribution < -0.4 is 10.1 Å². The molecule has 1 saturated carbocycles. The zero-order valence-electron chi connectivity index (χ0n) is 21.0. The Labute approximate surface area is 218 Å². The molecule has 0 amide bonds. The van der Waals surface area contributed by atoms with E-state index in [9.17, 15) is 9.18 Å². The van der Waals surface area contributed by atoms with Gasteiger partial charge in [-0.1, -0.05) is 6.07 Å². The number of halogens is 2. The van der Waals surface area contributed by atoms with Crippen molar-refractivity contribution in [3.05, 3.63) is 77.2 Å². The van der Waals surface area contributed by atoms with Crippen molar-refractivity contribution in [2.75, 3.05) is 19.0 Å². The van der Waals surface area contributed by atoms with Gasteiger partial charge in [0.25, 0.3) is 0 Å². The van der Waals surface area contributed by atoms with Crippen LogP contribution in [-0.2, 0) is 11.8 Å². The lowest BCUT2D eigenvalue weighted by Crippen LogP contribution is -2.30. The Bertz CT molecular complexity index is 1520. The van der Waals surface area contributed by atoms with Gasteiger partial charge in [-0.2, -0.15) is 5.10 Å². The highest BCUT2D eigenvalue weighted by Crippen LogP contribution is 2.37. The van der Waals surface area contributed by atoms with Crippen molar-refractivity contribution in [2.45, 2.75) is 37.3 Å². The summed E-state index contributed by atoms with van der Waals surface area (Å²) in [4.78, 5) is 22.3. The highest BCUT2D eigenvalue weighted by atomic mass is 19.1. The van der Waals surface area contributed by atoms with Crippen LogP contribution in [0.5, 0.6) is 5.75 Å². The van der Waals surface area contributed by atoms with Gasteiger partial charge in [0.05, 0.1) is 36.9 Å². The predicted molar refractivity (Wildman–Crippen MR) is 136 cm³/mol. The summed E-state index contributed by atoms with van der Waals surface area (Å²) >= 11 is 0. The average molecular weight is 520 g/mol. The number of benzene rings is 2. The van der Waals surface area contributed by atoms with E-state index in [2.05, 4.69) is 20.4 Å². The van der Waals surface area contributed by atoms with E-state index in [1.54, 1.807) is 36.3 Å². The van der Waals surface area contributed by atoms with Crippen LogP contribution in [0.25, 0.3) is 10.9 Å². The number of ketones is 1. The van der Waals surface area contributed by atoms with E-state index >= 15 is 4.39 Å². The molecular formula is C28H27F2N5O3. The summed E-state index contributed by atoms with van der Waals surface area (Å²) in [5, 5.41) is 7.82. The Morgan fingerprint density at radius 1 is 1.18 bits per heavy atom. The molecule has 10 heteroatoms. The molecule has 4 unspecified atom stereocenters. The van der Waals surface area contributed by atoms with Gasteiger partial charge in [-0.3, -0.25) is 9.48 Å². The van der Waals surface area contributed by atoms with Crippen LogP contribution in [0.3, 0.4) is 0 Å². The number of carbonyl (C=O) groups is 1. The van der Waals surface area contributed by atoms with Gasteiger partial charge in [-0.25, -0.2) is 18.7 Å². The van der Waals surface area contributed by atoms with Gasteiger partial charge in [-0.05, 0) is 48.2 Å². The molecule has 0 radical (unpaired) electrons. The minimum absolute atomic E-state index is 0.0102. The molecule has 1 aliphatic carbocycles. The number of carbonyl (C=O) groups excluding carboxylic acids is 1. The first-order valence-corrected chi connectivity index (χ1v) is 12.6. The van der Waals surface area contributed by atoms with Gasteiger partial charge >= 0.3 is 0 Å². The number of methoxy groups -OCH3 is 1. The van der Waals surface area contributed by atoms with Gasteiger partial charge in [0, 0.05) is 49.3 Å². The molecule has 3 heterocycles. The number of nitrogens with zero attached hydrogens (tertiary/aromatic N) is 4. The normalized spacial score (nSPS) is 21.1. The van der Waals surface area contributed by atoms with Crippen LogP contribution in [0.4, 0.5) is 14.7 Å². The minimum Gasteiger partial charge on any atom is -0.494 e. The summed E-state index contributed by atoms with van der Waals surface area (Å²) in [7, 11) is 3.16. The van der Waals surface area contributed by atoms with Crippen molar-refractivity contribution < 1.29 is 23.0 Å². The molecule has 2 bridgehead atoms. The first-order chi connectivity index (χ1) is 18.4. The third kappa shape index (κ3) is 4.60. The molecule has 1 N–H and O–H groups in total. The number of aryl methyl sites for hydroxylation is 1. The second-order valence-corrected chi connectivity index (χ2v) is 10.0. The first kappa shape index (κ1) is 24.4. The quantitative estimate of drug-likeness (QED) is 0.339. The summed E-state index contributed by atoms with van der Waals surface area (Å²) in [5.74, 6) is -0.950. The van der Waals surface area contributed by atoms with Gasteiger partial charge in [0.2, 0.25) is 5.95 Å². The molecule has 196 valence electrons. The van der Waals surface area contributed by atoms with Gasteiger partial charge < -0.3 is 14.8 Å². The molecule has 2 aromatic heterocycles. The zero-order chi connectivity index (χ0) is 26.4. The molecule has 38 heavy (non-hydrogen) atoms. The summed E-state index contributed by atoms with van der Waals surface area (Å²) in [6.07, 6.45) is 7.04.